The number of amides is 1. The SMILES string of the molecule is C[C@@H](Oc1ccc(OCc2ccccc2)cc1)C(=O)N/N=C\c1ccc(OC(=O)c2ccc(Cl)cc2Cl)cc1. The lowest BCUT2D eigenvalue weighted by Crippen LogP contribution is -2.33. The van der Waals surface area contributed by atoms with Gasteiger partial charge in [-0.25, -0.2) is 10.2 Å². The van der Waals surface area contributed by atoms with Gasteiger partial charge in [0.15, 0.2) is 6.10 Å². The van der Waals surface area contributed by atoms with Crippen LogP contribution in [0.3, 0.4) is 0 Å². The van der Waals surface area contributed by atoms with E-state index in [1.54, 1.807) is 61.5 Å². The number of hydrazone groups is 1. The largest absolute Gasteiger partial charge is 0.489 e. The Balaban J connectivity index is 1.22. The summed E-state index contributed by atoms with van der Waals surface area (Å²) in [6.45, 7) is 2.09. The molecule has 0 saturated heterocycles. The Hall–Kier alpha value is -4.33. The second-order valence-electron chi connectivity index (χ2n) is 8.32. The molecule has 1 atom stereocenters. The number of benzene rings is 4. The fraction of sp³-hybridized carbons (Fsp3) is 0.100. The zero-order chi connectivity index (χ0) is 27.6. The highest BCUT2D eigenvalue weighted by molar-refractivity contribution is 6.36. The van der Waals surface area contributed by atoms with Crippen molar-refractivity contribution in [3.63, 3.8) is 0 Å². The molecule has 1 N–H and O–H groups in total. The van der Waals surface area contributed by atoms with Crippen LogP contribution in [0.4, 0.5) is 0 Å². The zero-order valence-corrected chi connectivity index (χ0v) is 22.4. The van der Waals surface area contributed by atoms with Crippen LogP contribution in [-0.2, 0) is 11.4 Å². The average molecular weight is 563 g/mol. The molecule has 0 saturated carbocycles. The Bertz CT molecular complexity index is 1440. The molecule has 4 aromatic carbocycles. The molecule has 7 nitrogen and oxygen atoms in total. The summed E-state index contributed by atoms with van der Waals surface area (Å²) in [6, 6.07) is 28.0. The third kappa shape index (κ3) is 8.33. The summed E-state index contributed by atoms with van der Waals surface area (Å²) < 4.78 is 16.8. The van der Waals surface area contributed by atoms with E-state index in [-0.39, 0.29) is 10.6 Å². The predicted molar refractivity (Wildman–Crippen MR) is 151 cm³/mol. The zero-order valence-electron chi connectivity index (χ0n) is 20.8. The normalized spacial score (nSPS) is 11.6. The molecule has 0 aliphatic carbocycles. The number of nitrogens with zero attached hydrogens (tertiary/aromatic N) is 1. The van der Waals surface area contributed by atoms with Gasteiger partial charge in [-0.1, -0.05) is 53.5 Å². The number of halogens is 2. The van der Waals surface area contributed by atoms with E-state index in [9.17, 15) is 9.59 Å². The lowest BCUT2D eigenvalue weighted by Gasteiger charge is -2.13. The van der Waals surface area contributed by atoms with Gasteiger partial charge in [0.1, 0.15) is 23.9 Å². The highest BCUT2D eigenvalue weighted by Crippen LogP contribution is 2.23. The van der Waals surface area contributed by atoms with Gasteiger partial charge in [-0.05, 0) is 84.8 Å². The third-order valence-electron chi connectivity index (χ3n) is 5.38. The van der Waals surface area contributed by atoms with Crippen LogP contribution in [-0.4, -0.2) is 24.2 Å². The van der Waals surface area contributed by atoms with Crippen molar-refractivity contribution < 1.29 is 23.8 Å². The molecule has 0 aliphatic heterocycles. The Morgan fingerprint density at radius 1 is 0.872 bits per heavy atom. The van der Waals surface area contributed by atoms with Gasteiger partial charge in [-0.3, -0.25) is 4.79 Å². The first-order valence-electron chi connectivity index (χ1n) is 11.9. The summed E-state index contributed by atoms with van der Waals surface area (Å²) in [4.78, 5) is 24.7. The minimum atomic E-state index is -0.778. The van der Waals surface area contributed by atoms with Gasteiger partial charge in [-0.15, -0.1) is 0 Å². The van der Waals surface area contributed by atoms with Gasteiger partial charge in [0.25, 0.3) is 5.91 Å². The average Bonchev–Trinajstić information content (AvgIpc) is 2.94. The van der Waals surface area contributed by atoms with Crippen LogP contribution in [0.2, 0.25) is 10.0 Å². The number of rotatable bonds is 10. The fourth-order valence-electron chi connectivity index (χ4n) is 3.31. The monoisotopic (exact) mass is 562 g/mol. The van der Waals surface area contributed by atoms with Gasteiger partial charge in [0.05, 0.1) is 16.8 Å². The number of carbonyl (C=O) groups is 2. The molecule has 0 unspecified atom stereocenters. The fourth-order valence-corrected chi connectivity index (χ4v) is 3.80. The molecule has 4 rings (SSSR count). The Morgan fingerprint density at radius 2 is 1.54 bits per heavy atom. The van der Waals surface area contributed by atoms with Crippen LogP contribution in [0, 0.1) is 0 Å². The van der Waals surface area contributed by atoms with E-state index in [0.29, 0.717) is 34.4 Å². The van der Waals surface area contributed by atoms with Crippen molar-refractivity contribution >= 4 is 41.3 Å². The lowest BCUT2D eigenvalue weighted by molar-refractivity contribution is -0.127. The molecular weight excluding hydrogens is 539 g/mol. The first-order valence-corrected chi connectivity index (χ1v) is 12.7. The van der Waals surface area contributed by atoms with E-state index in [1.807, 2.05) is 30.3 Å². The quantitative estimate of drug-likeness (QED) is 0.100. The number of carbonyl (C=O) groups excluding carboxylic acids is 2. The van der Waals surface area contributed by atoms with Crippen molar-refractivity contribution in [2.45, 2.75) is 19.6 Å². The van der Waals surface area contributed by atoms with Crippen LogP contribution < -0.4 is 19.6 Å². The van der Waals surface area contributed by atoms with Crippen LogP contribution in [0.15, 0.2) is 102 Å². The second kappa shape index (κ2) is 13.5. The van der Waals surface area contributed by atoms with Gasteiger partial charge in [-0.2, -0.15) is 5.10 Å². The molecule has 0 heterocycles. The van der Waals surface area contributed by atoms with E-state index in [0.717, 1.165) is 5.56 Å². The number of nitrogens with one attached hydrogen (secondary N) is 1. The first-order chi connectivity index (χ1) is 18.9. The van der Waals surface area contributed by atoms with Crippen molar-refractivity contribution in [1.82, 2.24) is 5.43 Å². The summed E-state index contributed by atoms with van der Waals surface area (Å²) in [5, 5.41) is 4.59. The van der Waals surface area contributed by atoms with E-state index < -0.39 is 18.0 Å². The highest BCUT2D eigenvalue weighted by Gasteiger charge is 2.15. The van der Waals surface area contributed by atoms with Gasteiger partial charge >= 0.3 is 5.97 Å². The maximum Gasteiger partial charge on any atom is 0.345 e. The van der Waals surface area contributed by atoms with E-state index in [2.05, 4.69) is 10.5 Å². The van der Waals surface area contributed by atoms with Crippen molar-refractivity contribution in [1.29, 1.82) is 0 Å². The lowest BCUT2D eigenvalue weighted by atomic mass is 10.2. The van der Waals surface area contributed by atoms with Gasteiger partial charge < -0.3 is 14.2 Å². The molecule has 0 fully saturated rings. The number of hydrogen-bond acceptors (Lipinski definition) is 6. The van der Waals surface area contributed by atoms with Gasteiger partial charge in [0.2, 0.25) is 0 Å². The predicted octanol–water partition coefficient (Wildman–Crippen LogP) is 6.71. The van der Waals surface area contributed by atoms with Crippen LogP contribution >= 0.6 is 23.2 Å². The Morgan fingerprint density at radius 3 is 2.23 bits per heavy atom. The molecule has 0 aromatic heterocycles. The van der Waals surface area contributed by atoms with E-state index in [4.69, 9.17) is 37.4 Å². The summed E-state index contributed by atoms with van der Waals surface area (Å²) in [5.41, 5.74) is 4.41. The molecular formula is C30H24Cl2N2O5. The first kappa shape index (κ1) is 27.7. The van der Waals surface area contributed by atoms with Crippen LogP contribution in [0.25, 0.3) is 0 Å². The molecule has 39 heavy (non-hydrogen) atoms. The molecule has 0 spiro atoms. The van der Waals surface area contributed by atoms with E-state index in [1.165, 1.54) is 18.3 Å². The maximum atomic E-state index is 12.4. The van der Waals surface area contributed by atoms with Crippen molar-refractivity contribution in [2.24, 2.45) is 5.10 Å². The Labute approximate surface area is 235 Å². The van der Waals surface area contributed by atoms with Crippen LogP contribution in [0.1, 0.15) is 28.4 Å². The molecule has 1 amide bonds. The van der Waals surface area contributed by atoms with Crippen molar-refractivity contribution in [2.75, 3.05) is 0 Å². The second-order valence-corrected chi connectivity index (χ2v) is 9.17. The smallest absolute Gasteiger partial charge is 0.345 e. The minimum Gasteiger partial charge on any atom is -0.489 e. The van der Waals surface area contributed by atoms with E-state index >= 15 is 0 Å². The number of ether oxygens (including phenoxy) is 3. The summed E-state index contributed by atoms with van der Waals surface area (Å²) in [7, 11) is 0. The van der Waals surface area contributed by atoms with Crippen molar-refractivity contribution in [3.05, 3.63) is 124 Å². The molecule has 198 valence electrons. The molecule has 9 heteroatoms. The topological polar surface area (TPSA) is 86.2 Å². The molecule has 0 radical (unpaired) electrons. The summed E-state index contributed by atoms with van der Waals surface area (Å²) in [5.74, 6) is 0.529. The minimum absolute atomic E-state index is 0.204. The standard InChI is InChI=1S/C30H24Cl2N2O5/c1-20(38-25-14-12-24(13-15-25)37-19-22-5-3-2-4-6-22)29(35)34-33-18-21-7-10-26(11-8-21)39-30(36)27-16-9-23(31)17-28(27)32/h2-18,20H,19H2,1H3,(H,34,35)/b33-18-/t20-/m1/s1. The van der Waals surface area contributed by atoms with Crippen LogP contribution in [0.5, 0.6) is 17.2 Å². The molecule has 0 bridgehead atoms. The van der Waals surface area contributed by atoms with Gasteiger partial charge in [0, 0.05) is 5.02 Å². The summed E-state index contributed by atoms with van der Waals surface area (Å²) in [6.07, 6.45) is 0.685. The molecule has 0 aliphatic rings. The maximum absolute atomic E-state index is 12.4. The number of hydrogen-bond donors (Lipinski definition) is 1. The Kier molecular flexibility index (Phi) is 9.56. The number of esters is 1. The summed E-state index contributed by atoms with van der Waals surface area (Å²) >= 11 is 11.9. The molecule has 4 aromatic rings. The highest BCUT2D eigenvalue weighted by atomic mass is 35.5. The third-order valence-corrected chi connectivity index (χ3v) is 5.93. The van der Waals surface area contributed by atoms with Crippen molar-refractivity contribution in [3.8, 4) is 17.2 Å².